The van der Waals surface area contributed by atoms with Gasteiger partial charge >= 0.3 is 0 Å². The van der Waals surface area contributed by atoms with Crippen molar-refractivity contribution >= 4 is 11.8 Å². The molecule has 1 N–H and O–H groups in total. The molecule has 0 unspecified atom stereocenters. The molecule has 0 saturated heterocycles. The van der Waals surface area contributed by atoms with Gasteiger partial charge in [-0.2, -0.15) is 0 Å². The van der Waals surface area contributed by atoms with Gasteiger partial charge in [-0.3, -0.25) is 0 Å². The first-order chi connectivity index (χ1) is 13.6. The number of rotatable bonds is 6. The summed E-state index contributed by atoms with van der Waals surface area (Å²) in [5.41, 5.74) is 10.7. The molecule has 0 amide bonds. The molecule has 1 aliphatic rings. The standard InChI is InChI=1S/C28H37N/c1-9-23-11-12-25(16-20(23)3)28(14-15-28)22(5)29-26-13-10-19(2)24(18-26)17-21(4)27(6,7)8/h10-13,16-18,29H,5,9,14-15H2,1-4,6-8H3/b21-17+. The van der Waals surface area contributed by atoms with Gasteiger partial charge in [0.15, 0.2) is 0 Å². The molecule has 0 aromatic heterocycles. The predicted octanol–water partition coefficient (Wildman–Crippen LogP) is 7.97. The van der Waals surface area contributed by atoms with E-state index in [9.17, 15) is 0 Å². The Morgan fingerprint density at radius 2 is 1.76 bits per heavy atom. The van der Waals surface area contributed by atoms with E-state index >= 15 is 0 Å². The summed E-state index contributed by atoms with van der Waals surface area (Å²) in [6.07, 6.45) is 5.76. The van der Waals surface area contributed by atoms with Crippen molar-refractivity contribution in [3.63, 3.8) is 0 Å². The predicted molar refractivity (Wildman–Crippen MR) is 129 cm³/mol. The maximum atomic E-state index is 4.46. The molecule has 1 fully saturated rings. The van der Waals surface area contributed by atoms with E-state index < -0.39 is 0 Å². The first-order valence-electron chi connectivity index (χ1n) is 10.9. The third-order valence-electron chi connectivity index (χ3n) is 6.73. The van der Waals surface area contributed by atoms with E-state index in [2.05, 4.69) is 103 Å². The zero-order valence-electron chi connectivity index (χ0n) is 19.4. The van der Waals surface area contributed by atoms with Gasteiger partial charge in [0.25, 0.3) is 0 Å². The second kappa shape index (κ2) is 7.86. The summed E-state index contributed by atoms with van der Waals surface area (Å²) < 4.78 is 0. The quantitative estimate of drug-likeness (QED) is 0.530. The van der Waals surface area contributed by atoms with E-state index in [1.807, 2.05) is 0 Å². The SMILES string of the molecule is C=C(Nc1ccc(C)c(/C=C(\C)C(C)(C)C)c1)C1(c2ccc(CC)c(C)c2)CC1. The van der Waals surface area contributed by atoms with Gasteiger partial charge < -0.3 is 5.32 Å². The number of hydrogen-bond acceptors (Lipinski definition) is 1. The molecule has 2 aromatic carbocycles. The molecule has 29 heavy (non-hydrogen) atoms. The largest absolute Gasteiger partial charge is 0.359 e. The van der Waals surface area contributed by atoms with Crippen LogP contribution in [0.5, 0.6) is 0 Å². The number of anilines is 1. The molecule has 0 spiro atoms. The first-order valence-corrected chi connectivity index (χ1v) is 10.9. The van der Waals surface area contributed by atoms with Gasteiger partial charge in [-0.05, 0) is 85.4 Å². The molecule has 1 nitrogen and oxygen atoms in total. The number of allylic oxidation sites excluding steroid dienone is 2. The summed E-state index contributed by atoms with van der Waals surface area (Å²) in [6.45, 7) is 20.1. The molecule has 0 aliphatic heterocycles. The van der Waals surface area contributed by atoms with Crippen LogP contribution in [0.4, 0.5) is 5.69 Å². The van der Waals surface area contributed by atoms with Crippen LogP contribution in [0.1, 0.15) is 75.3 Å². The maximum Gasteiger partial charge on any atom is 0.0388 e. The molecule has 3 rings (SSSR count). The third-order valence-corrected chi connectivity index (χ3v) is 6.73. The summed E-state index contributed by atoms with van der Waals surface area (Å²) in [6, 6.07) is 13.6. The van der Waals surface area contributed by atoms with Crippen molar-refractivity contribution in [2.24, 2.45) is 5.41 Å². The average molecular weight is 388 g/mol. The van der Waals surface area contributed by atoms with Gasteiger partial charge in [-0.1, -0.05) is 70.2 Å². The minimum atomic E-state index is 0.0826. The van der Waals surface area contributed by atoms with Crippen LogP contribution in [0.25, 0.3) is 6.08 Å². The summed E-state index contributed by atoms with van der Waals surface area (Å²) in [5, 5.41) is 3.65. The zero-order valence-corrected chi connectivity index (χ0v) is 19.4. The van der Waals surface area contributed by atoms with Crippen molar-refractivity contribution in [1.29, 1.82) is 0 Å². The van der Waals surface area contributed by atoms with Gasteiger partial charge in [0.2, 0.25) is 0 Å². The molecule has 1 heteroatoms. The van der Waals surface area contributed by atoms with Crippen LogP contribution < -0.4 is 5.32 Å². The molecular weight excluding hydrogens is 350 g/mol. The summed E-state index contributed by atoms with van der Waals surface area (Å²) in [5.74, 6) is 0. The van der Waals surface area contributed by atoms with Crippen LogP contribution in [0.3, 0.4) is 0 Å². The monoisotopic (exact) mass is 387 g/mol. The fourth-order valence-electron chi connectivity index (χ4n) is 3.90. The Morgan fingerprint density at radius 1 is 1.07 bits per heavy atom. The minimum absolute atomic E-state index is 0.0826. The van der Waals surface area contributed by atoms with Crippen LogP contribution in [-0.2, 0) is 11.8 Å². The van der Waals surface area contributed by atoms with Crippen molar-refractivity contribution in [3.8, 4) is 0 Å². The lowest BCUT2D eigenvalue weighted by Crippen LogP contribution is -2.17. The van der Waals surface area contributed by atoms with Crippen molar-refractivity contribution in [2.45, 2.75) is 73.1 Å². The average Bonchev–Trinajstić information content (AvgIpc) is 3.45. The molecule has 0 bridgehead atoms. The Kier molecular flexibility index (Phi) is 5.81. The van der Waals surface area contributed by atoms with E-state index in [-0.39, 0.29) is 10.8 Å². The maximum absolute atomic E-state index is 4.46. The van der Waals surface area contributed by atoms with Crippen LogP contribution in [0.2, 0.25) is 0 Å². The highest BCUT2D eigenvalue weighted by Gasteiger charge is 2.47. The summed E-state index contributed by atoms with van der Waals surface area (Å²) in [7, 11) is 0. The number of nitrogens with one attached hydrogen (secondary N) is 1. The van der Waals surface area contributed by atoms with Gasteiger partial charge in [-0.25, -0.2) is 0 Å². The molecule has 0 heterocycles. The highest BCUT2D eigenvalue weighted by atomic mass is 14.9. The normalized spacial score (nSPS) is 15.9. The molecule has 0 atom stereocenters. The van der Waals surface area contributed by atoms with Crippen LogP contribution in [0, 0.1) is 19.3 Å². The zero-order chi connectivity index (χ0) is 21.4. The Morgan fingerprint density at radius 3 is 2.31 bits per heavy atom. The Bertz CT molecular complexity index is 949. The van der Waals surface area contributed by atoms with E-state index in [0.29, 0.717) is 0 Å². The fourth-order valence-corrected chi connectivity index (χ4v) is 3.90. The van der Waals surface area contributed by atoms with E-state index in [1.54, 1.807) is 0 Å². The van der Waals surface area contributed by atoms with Crippen molar-refractivity contribution in [3.05, 3.63) is 82.1 Å². The second-order valence-corrected chi connectivity index (χ2v) is 9.83. The van der Waals surface area contributed by atoms with Gasteiger partial charge in [0.05, 0.1) is 0 Å². The lowest BCUT2D eigenvalue weighted by molar-refractivity contribution is 0.508. The fraction of sp³-hybridized carbons (Fsp3) is 0.429. The highest BCUT2D eigenvalue weighted by Crippen LogP contribution is 2.53. The number of aryl methyl sites for hydroxylation is 3. The van der Waals surface area contributed by atoms with Gasteiger partial charge in [-0.15, -0.1) is 0 Å². The lowest BCUT2D eigenvalue weighted by atomic mass is 9.86. The Hall–Kier alpha value is -2.28. The third kappa shape index (κ3) is 4.50. The van der Waals surface area contributed by atoms with Crippen LogP contribution in [0.15, 0.2) is 54.2 Å². The lowest BCUT2D eigenvalue weighted by Gasteiger charge is -2.23. The van der Waals surface area contributed by atoms with Crippen LogP contribution >= 0.6 is 0 Å². The first kappa shape index (κ1) is 21.4. The molecule has 1 aliphatic carbocycles. The highest BCUT2D eigenvalue weighted by molar-refractivity contribution is 5.65. The van der Waals surface area contributed by atoms with Gasteiger partial charge in [0.1, 0.15) is 0 Å². The van der Waals surface area contributed by atoms with E-state index in [0.717, 1.165) is 17.8 Å². The molecule has 2 aromatic rings. The van der Waals surface area contributed by atoms with Crippen molar-refractivity contribution < 1.29 is 0 Å². The molecule has 154 valence electrons. The van der Waals surface area contributed by atoms with Gasteiger partial charge in [0, 0.05) is 16.8 Å². The van der Waals surface area contributed by atoms with E-state index in [4.69, 9.17) is 0 Å². The smallest absolute Gasteiger partial charge is 0.0388 e. The number of benzene rings is 2. The Labute approximate surface area is 177 Å². The topological polar surface area (TPSA) is 12.0 Å². The summed E-state index contributed by atoms with van der Waals surface area (Å²) in [4.78, 5) is 0. The van der Waals surface area contributed by atoms with E-state index in [1.165, 1.54) is 46.2 Å². The van der Waals surface area contributed by atoms with Crippen LogP contribution in [-0.4, -0.2) is 0 Å². The Balaban J connectivity index is 1.84. The number of hydrogen-bond donors (Lipinski definition) is 1. The second-order valence-electron chi connectivity index (χ2n) is 9.83. The molecule has 0 radical (unpaired) electrons. The van der Waals surface area contributed by atoms with Crippen molar-refractivity contribution in [2.75, 3.05) is 5.32 Å². The summed E-state index contributed by atoms with van der Waals surface area (Å²) >= 11 is 0. The minimum Gasteiger partial charge on any atom is -0.359 e. The molecular formula is C28H37N. The molecule has 1 saturated carbocycles. The van der Waals surface area contributed by atoms with Crippen molar-refractivity contribution in [1.82, 2.24) is 0 Å².